The second kappa shape index (κ2) is 10.5. The normalized spacial score (nSPS) is 29.0. The molecule has 5 atom stereocenters. The molecule has 0 aromatic heterocycles. The summed E-state index contributed by atoms with van der Waals surface area (Å²) in [6, 6.07) is -0.502. The third-order valence-electron chi connectivity index (χ3n) is 6.19. The number of nitrogens with one attached hydrogen (secondary N) is 1. The Kier molecular flexibility index (Phi) is 9.03. The molecule has 0 aromatic carbocycles. The van der Waals surface area contributed by atoms with Crippen LogP contribution in [-0.2, 0) is 19.0 Å². The van der Waals surface area contributed by atoms with E-state index in [4.69, 9.17) is 14.2 Å². The highest BCUT2D eigenvalue weighted by Gasteiger charge is 2.66. The van der Waals surface area contributed by atoms with Gasteiger partial charge in [-0.1, -0.05) is 33.9 Å². The first-order valence-electron chi connectivity index (χ1n) is 12.7. The van der Waals surface area contributed by atoms with Gasteiger partial charge in [-0.3, -0.25) is 9.69 Å². The van der Waals surface area contributed by atoms with E-state index in [-0.39, 0.29) is 18.3 Å². The second-order valence-electron chi connectivity index (χ2n) is 13.3. The first-order valence-corrected chi connectivity index (χ1v) is 16.3. The monoisotopic (exact) mass is 541 g/mol. The van der Waals surface area contributed by atoms with E-state index in [9.17, 15) is 14.7 Å². The van der Waals surface area contributed by atoms with Gasteiger partial charge in [0.25, 0.3) is 0 Å². The fourth-order valence-electron chi connectivity index (χ4n) is 4.68. The van der Waals surface area contributed by atoms with Crippen LogP contribution >= 0.6 is 0 Å². The minimum atomic E-state index is -1.93. The van der Waals surface area contributed by atoms with Crippen LogP contribution in [0, 0.1) is 5.41 Å². The Morgan fingerprint density at radius 1 is 1.17 bits per heavy atom. The molecule has 2 heterocycles. The number of aliphatic hydroxyl groups is 1. The number of nitrogens with zero attached hydrogens (tertiary/aromatic N) is 2. The average molecular weight is 542 g/mol. The number of aliphatic hydroxyl groups excluding tert-OH is 1. The Morgan fingerprint density at radius 2 is 1.69 bits per heavy atom. The third-order valence-corrected chi connectivity index (χ3v) is 9.18. The highest BCUT2D eigenvalue weighted by atomic mass is 28.3. The molecule has 2 aliphatic heterocycles. The number of rotatable bonds is 5. The summed E-state index contributed by atoms with van der Waals surface area (Å²) in [5, 5.41) is 13.8. The number of hydrogen-bond acceptors (Lipinski definition) is 6. The van der Waals surface area contributed by atoms with Crippen molar-refractivity contribution in [3.05, 3.63) is 0 Å². The summed E-state index contributed by atoms with van der Waals surface area (Å²) < 4.78 is 20.2. The molecule has 11 heteroatoms. The number of aliphatic imine (C=N–C) groups is 1. The zero-order valence-corrected chi connectivity index (χ0v) is 26.8. The van der Waals surface area contributed by atoms with Gasteiger partial charge in [-0.15, -0.1) is 0 Å². The first-order chi connectivity index (χ1) is 16.1. The van der Waals surface area contributed by atoms with Crippen LogP contribution in [0.25, 0.3) is 0 Å². The van der Waals surface area contributed by atoms with E-state index in [0.717, 1.165) is 5.17 Å². The highest BCUT2D eigenvalue weighted by Crippen LogP contribution is 2.46. The van der Waals surface area contributed by atoms with E-state index in [1.54, 1.807) is 14.8 Å². The summed E-state index contributed by atoms with van der Waals surface area (Å²) in [6.45, 7) is 23.5. The minimum Gasteiger partial charge on any atom is -0.390 e. The number of hydrogen-bond donors (Lipinski definition) is 2. The van der Waals surface area contributed by atoms with Crippen LogP contribution in [0.15, 0.2) is 4.99 Å². The number of urea groups is 1. The van der Waals surface area contributed by atoms with Crippen LogP contribution in [0.4, 0.5) is 4.79 Å². The van der Waals surface area contributed by atoms with Crippen molar-refractivity contribution in [1.29, 1.82) is 0 Å². The Labute approximate surface area is 221 Å². The molecule has 2 N–H and O–H groups in total. The molecule has 206 valence electrons. The van der Waals surface area contributed by atoms with Gasteiger partial charge in [-0.25, -0.2) is 4.79 Å². The van der Waals surface area contributed by atoms with Crippen molar-refractivity contribution < 1.29 is 28.9 Å². The number of carbonyl (C=O) groups is 2. The molecule has 3 amide bonds. The van der Waals surface area contributed by atoms with Gasteiger partial charge in [0.05, 0.1) is 26.1 Å². The summed E-state index contributed by atoms with van der Waals surface area (Å²) in [5.41, 5.74) is -1.63. The van der Waals surface area contributed by atoms with Crippen LogP contribution in [0.1, 0.15) is 69.2 Å². The van der Waals surface area contributed by atoms with Crippen molar-refractivity contribution in [3.8, 4) is 0 Å². The first kappa shape index (κ1) is 31.0. The lowest BCUT2D eigenvalue weighted by atomic mass is 9.83. The van der Waals surface area contributed by atoms with Crippen molar-refractivity contribution in [2.24, 2.45) is 10.4 Å². The van der Waals surface area contributed by atoms with Crippen molar-refractivity contribution in [2.45, 2.75) is 123 Å². The van der Waals surface area contributed by atoms with Gasteiger partial charge in [0, 0.05) is 13.5 Å². The number of carbonyl (C=O) groups excluding carboxylic acids is 2. The minimum absolute atomic E-state index is 0.228. The van der Waals surface area contributed by atoms with E-state index >= 15 is 0 Å². The van der Waals surface area contributed by atoms with Crippen molar-refractivity contribution in [2.75, 3.05) is 6.54 Å². The van der Waals surface area contributed by atoms with Gasteiger partial charge in [0.15, 0.2) is 5.35 Å². The molecular weight excluding hydrogens is 494 g/mol. The molecule has 36 heavy (non-hydrogen) atoms. The van der Waals surface area contributed by atoms with Crippen LogP contribution in [0.2, 0.25) is 13.1 Å². The van der Waals surface area contributed by atoms with Gasteiger partial charge in [-0.05, 0) is 62.0 Å². The quantitative estimate of drug-likeness (QED) is 0.513. The smallest absolute Gasteiger partial charge is 0.347 e. The Hall–Kier alpha value is -1.25. The molecule has 1 unspecified atom stereocenters. The van der Waals surface area contributed by atoms with E-state index in [2.05, 4.69) is 23.4 Å². The van der Waals surface area contributed by atoms with E-state index in [1.807, 2.05) is 62.3 Å². The maximum Gasteiger partial charge on any atom is 0.347 e. The molecule has 0 radical (unpaired) electrons. The average Bonchev–Trinajstić information content (AvgIpc) is 2.94. The molecule has 0 bridgehead atoms. The summed E-state index contributed by atoms with van der Waals surface area (Å²) in [7, 11) is -0.346. The molecule has 2 rings (SSSR count). The standard InChI is InChI=1S/C25H47N3O6Si2/c1-14(29)26-20-15(35)13-28(21(31)27-20)25(36(11)12)19(34-24(8,9)10)17(32-23(5,6)7)16(33-25)18(30)22(2,3)4/h16-19,30,36H,13,35H2,1-12H3,(H,26,27,29,31)/t16-,17+,18?,19+,25-/m0/s1. The van der Waals surface area contributed by atoms with E-state index < -0.39 is 61.2 Å². The van der Waals surface area contributed by atoms with Crippen LogP contribution in [-0.4, -0.2) is 99.1 Å². The van der Waals surface area contributed by atoms with Crippen molar-refractivity contribution in [3.63, 3.8) is 0 Å². The molecule has 0 spiro atoms. The molecule has 1 saturated heterocycles. The number of amidine groups is 1. The molecule has 0 saturated carbocycles. The lowest BCUT2D eigenvalue weighted by Crippen LogP contribution is -2.69. The maximum atomic E-state index is 13.6. The Balaban J connectivity index is 2.75. The fraction of sp³-hybridized carbons (Fsp3) is 0.840. The van der Waals surface area contributed by atoms with Crippen LogP contribution < -0.4 is 5.32 Å². The SMILES string of the molecule is CC(=O)NC1=NC(=O)N([C@]2([SiH](C)C)O[C@H](C(O)C(C)(C)C)[C@@H](OC(C)(C)C)[C@H]2OC(C)(C)C)CC1=[SiH2]. The molecule has 0 aliphatic carbocycles. The molecule has 9 nitrogen and oxygen atoms in total. The van der Waals surface area contributed by atoms with Gasteiger partial charge in [0.1, 0.15) is 24.1 Å². The van der Waals surface area contributed by atoms with Gasteiger partial charge < -0.3 is 24.6 Å². The highest BCUT2D eigenvalue weighted by molar-refractivity contribution is 6.67. The van der Waals surface area contributed by atoms with Gasteiger partial charge in [-0.2, -0.15) is 4.99 Å². The van der Waals surface area contributed by atoms with Crippen LogP contribution in [0.3, 0.4) is 0 Å². The predicted octanol–water partition coefficient (Wildman–Crippen LogP) is 1.66. The van der Waals surface area contributed by atoms with E-state index in [0.29, 0.717) is 0 Å². The van der Waals surface area contributed by atoms with Gasteiger partial charge in [0.2, 0.25) is 5.91 Å². The third kappa shape index (κ3) is 6.79. The largest absolute Gasteiger partial charge is 0.390 e. The molecular formula is C25H47N3O6Si2. The van der Waals surface area contributed by atoms with Crippen molar-refractivity contribution in [1.82, 2.24) is 10.2 Å². The summed E-state index contributed by atoms with van der Waals surface area (Å²) in [5.74, 6) is -0.00660. The predicted molar refractivity (Wildman–Crippen MR) is 148 cm³/mol. The second-order valence-corrected chi connectivity index (χ2v) is 17.2. The lowest BCUT2D eigenvalue weighted by molar-refractivity contribution is -0.179. The molecule has 1 fully saturated rings. The number of ether oxygens (including phenoxy) is 3. The topological polar surface area (TPSA) is 110 Å². The Morgan fingerprint density at radius 3 is 2.11 bits per heavy atom. The zero-order valence-electron chi connectivity index (χ0n) is 24.2. The Bertz CT molecular complexity index is 903. The zero-order chi connectivity index (χ0) is 28.0. The summed E-state index contributed by atoms with van der Waals surface area (Å²) >= 11 is 0. The van der Waals surface area contributed by atoms with Crippen LogP contribution in [0.5, 0.6) is 0 Å². The maximum absolute atomic E-state index is 13.6. The summed E-state index contributed by atoms with van der Waals surface area (Å²) in [6.07, 6.45) is -2.91. The van der Waals surface area contributed by atoms with Crippen molar-refractivity contribution >= 4 is 41.6 Å². The summed E-state index contributed by atoms with van der Waals surface area (Å²) in [4.78, 5) is 31.1. The van der Waals surface area contributed by atoms with E-state index in [1.165, 1.54) is 6.92 Å². The fourth-order valence-corrected chi connectivity index (χ4v) is 7.24. The lowest BCUT2D eigenvalue weighted by Gasteiger charge is -2.49. The number of amides is 3. The molecule has 0 aromatic rings. The molecule has 2 aliphatic rings. The van der Waals surface area contributed by atoms with Gasteiger partial charge >= 0.3 is 6.03 Å².